The van der Waals surface area contributed by atoms with Gasteiger partial charge in [0.25, 0.3) is 0 Å². The van der Waals surface area contributed by atoms with E-state index >= 15 is 0 Å². The predicted octanol–water partition coefficient (Wildman–Crippen LogP) is 4.97. The zero-order valence-electron chi connectivity index (χ0n) is 21.7. The van der Waals surface area contributed by atoms with Crippen LogP contribution >= 0.6 is 11.6 Å². The van der Waals surface area contributed by atoms with Gasteiger partial charge in [-0.25, -0.2) is 0 Å². The van der Waals surface area contributed by atoms with Crippen molar-refractivity contribution in [3.63, 3.8) is 0 Å². The average Bonchev–Trinajstić information content (AvgIpc) is 3.17. The summed E-state index contributed by atoms with van der Waals surface area (Å²) in [6.07, 6.45) is 9.56. The van der Waals surface area contributed by atoms with Gasteiger partial charge in [0.15, 0.2) is 0 Å². The van der Waals surface area contributed by atoms with Crippen molar-refractivity contribution >= 4 is 17.6 Å². The first-order chi connectivity index (χ1) is 17.5. The average molecular weight is 522 g/mol. The van der Waals surface area contributed by atoms with Crippen molar-refractivity contribution in [3.05, 3.63) is 47.5 Å². The first-order valence-electron chi connectivity index (χ1n) is 13.7. The molecule has 5 atom stereocenters. The van der Waals surface area contributed by atoms with Crippen LogP contribution in [0.25, 0.3) is 0 Å². The van der Waals surface area contributed by atoms with Crippen LogP contribution in [0.15, 0.2) is 36.4 Å². The van der Waals surface area contributed by atoms with Gasteiger partial charge >= 0.3 is 5.97 Å². The van der Waals surface area contributed by atoms with E-state index in [1.54, 1.807) is 0 Å². The summed E-state index contributed by atoms with van der Waals surface area (Å²) in [5.41, 5.74) is 2.01. The van der Waals surface area contributed by atoms with E-state index in [-0.39, 0.29) is 23.2 Å². The number of nitrogens with zero attached hydrogens (tertiary/aromatic N) is 1. The summed E-state index contributed by atoms with van der Waals surface area (Å²) < 4.78 is 10.7. The maximum absolute atomic E-state index is 12.0. The molecule has 2 N–H and O–H groups in total. The molecule has 1 aliphatic heterocycles. The highest BCUT2D eigenvalue weighted by atomic mass is 35.5. The Balaban J connectivity index is 1.39. The van der Waals surface area contributed by atoms with E-state index in [2.05, 4.69) is 24.0 Å². The molecule has 1 aromatic rings. The van der Waals surface area contributed by atoms with Crippen LogP contribution in [0.4, 0.5) is 0 Å². The number of hydrogen-bond acceptors (Lipinski definition) is 6. The molecule has 2 fully saturated rings. The largest absolute Gasteiger partial charge is 0.464 e. The molecule has 0 amide bonds. The fourth-order valence-electron chi connectivity index (χ4n) is 5.25. The van der Waals surface area contributed by atoms with Crippen LogP contribution in [0.2, 0.25) is 0 Å². The Labute approximate surface area is 221 Å². The number of allylic oxidation sites excluding steroid dienone is 2. The van der Waals surface area contributed by atoms with Crippen molar-refractivity contribution < 1.29 is 24.5 Å². The quantitative estimate of drug-likeness (QED) is 0.156. The molecule has 6 nitrogen and oxygen atoms in total. The molecular weight excluding hydrogens is 478 g/mol. The minimum absolute atomic E-state index is 0.0135. The lowest BCUT2D eigenvalue weighted by Gasteiger charge is -2.26. The molecule has 2 aliphatic rings. The second-order valence-electron chi connectivity index (χ2n) is 10.1. The number of carbonyl (C=O) groups is 1. The van der Waals surface area contributed by atoms with Gasteiger partial charge in [-0.1, -0.05) is 56.2 Å². The molecule has 36 heavy (non-hydrogen) atoms. The Bertz CT molecular complexity index is 795. The van der Waals surface area contributed by atoms with Crippen molar-refractivity contribution in [1.82, 2.24) is 4.90 Å². The Morgan fingerprint density at radius 1 is 1.22 bits per heavy atom. The predicted molar refractivity (Wildman–Crippen MR) is 143 cm³/mol. The Morgan fingerprint density at radius 2 is 1.97 bits per heavy atom. The van der Waals surface area contributed by atoms with Crippen LogP contribution < -0.4 is 0 Å². The first kappa shape index (κ1) is 29.1. The van der Waals surface area contributed by atoms with Gasteiger partial charge in [0.1, 0.15) is 6.61 Å². The molecule has 1 heterocycles. The molecule has 7 heteroatoms. The fraction of sp³-hybridized carbons (Fsp3) is 0.690. The summed E-state index contributed by atoms with van der Waals surface area (Å²) in [6.45, 7) is 6.63. The van der Waals surface area contributed by atoms with Gasteiger partial charge in [0.2, 0.25) is 0 Å². The van der Waals surface area contributed by atoms with Gasteiger partial charge in [0.05, 0.1) is 25.4 Å². The van der Waals surface area contributed by atoms with E-state index in [0.717, 1.165) is 82.5 Å². The Kier molecular flexibility index (Phi) is 12.7. The van der Waals surface area contributed by atoms with E-state index in [1.807, 2.05) is 24.3 Å². The van der Waals surface area contributed by atoms with Crippen molar-refractivity contribution in [3.8, 4) is 0 Å². The summed E-state index contributed by atoms with van der Waals surface area (Å²) in [5, 5.41) is 21.0. The van der Waals surface area contributed by atoms with Gasteiger partial charge in [-0.05, 0) is 49.1 Å². The first-order valence-corrected chi connectivity index (χ1v) is 14.1. The van der Waals surface area contributed by atoms with E-state index in [9.17, 15) is 15.0 Å². The number of aliphatic hydroxyl groups excluding tert-OH is 2. The number of alkyl halides is 1. The topological polar surface area (TPSA) is 79.2 Å². The van der Waals surface area contributed by atoms with Crippen molar-refractivity contribution in [2.45, 2.75) is 81.8 Å². The minimum Gasteiger partial charge on any atom is -0.464 e. The van der Waals surface area contributed by atoms with E-state index in [4.69, 9.17) is 21.1 Å². The number of rotatable bonds is 14. The molecule has 3 rings (SSSR count). The lowest BCUT2D eigenvalue weighted by Crippen LogP contribution is -2.38. The lowest BCUT2D eigenvalue weighted by atomic mass is 9.84. The number of aliphatic hydroxyl groups is 2. The normalized spacial score (nSPS) is 25.9. The second kappa shape index (κ2) is 15.7. The molecule has 0 radical (unpaired) electrons. The third-order valence-electron chi connectivity index (χ3n) is 7.45. The molecule has 0 spiro atoms. The van der Waals surface area contributed by atoms with E-state index in [0.29, 0.717) is 19.4 Å². The third-order valence-corrected chi connectivity index (χ3v) is 7.95. The van der Waals surface area contributed by atoms with Gasteiger partial charge in [-0.2, -0.15) is 0 Å². The minimum atomic E-state index is -0.464. The number of benzene rings is 1. The van der Waals surface area contributed by atoms with Crippen molar-refractivity contribution in [2.75, 3.05) is 39.5 Å². The number of esters is 1. The molecule has 202 valence electrons. The molecule has 1 saturated heterocycles. The van der Waals surface area contributed by atoms with Crippen LogP contribution in [-0.4, -0.2) is 72.0 Å². The molecule has 1 aromatic carbocycles. The van der Waals surface area contributed by atoms with Crippen LogP contribution in [0, 0.1) is 5.92 Å². The van der Waals surface area contributed by atoms with Crippen molar-refractivity contribution in [1.29, 1.82) is 0 Å². The standard InChI is InChI=1S/C29H44ClNO5/c1-2-3-9-26(32)22-11-13-23(14-12-22)29-24(25(30)21-27(29)33)8-6-4-5-7-10-28(34)36-20-17-31-15-18-35-19-16-31/h4,6,11-14,24-27,29,32-33H,2-3,5,7-10,15-21H2,1H3/b6-4-/t24-,25+,26?,27+,29+/m0/s1. The van der Waals surface area contributed by atoms with Crippen LogP contribution in [-0.2, 0) is 14.3 Å². The number of unbranched alkanes of at least 4 members (excludes halogenated alkanes) is 2. The number of ether oxygens (including phenoxy) is 2. The fourth-order valence-corrected chi connectivity index (χ4v) is 5.69. The zero-order chi connectivity index (χ0) is 25.8. The second-order valence-corrected chi connectivity index (χ2v) is 10.7. The summed E-state index contributed by atoms with van der Waals surface area (Å²) in [6, 6.07) is 8.04. The number of halogens is 1. The maximum Gasteiger partial charge on any atom is 0.305 e. The zero-order valence-corrected chi connectivity index (χ0v) is 22.5. The number of hydrogen-bond donors (Lipinski definition) is 2. The van der Waals surface area contributed by atoms with E-state index < -0.39 is 12.2 Å². The smallest absolute Gasteiger partial charge is 0.305 e. The molecule has 0 bridgehead atoms. The third kappa shape index (κ3) is 9.14. The van der Waals surface area contributed by atoms with E-state index in [1.165, 1.54) is 0 Å². The molecule has 1 unspecified atom stereocenters. The summed E-state index contributed by atoms with van der Waals surface area (Å²) in [7, 11) is 0. The summed E-state index contributed by atoms with van der Waals surface area (Å²) in [5.74, 6) is -0.000849. The molecule has 1 aliphatic carbocycles. The lowest BCUT2D eigenvalue weighted by molar-refractivity contribution is -0.144. The number of carbonyl (C=O) groups excluding carboxylic acids is 1. The monoisotopic (exact) mass is 521 g/mol. The molecular formula is C29H44ClNO5. The van der Waals surface area contributed by atoms with Gasteiger partial charge in [-0.3, -0.25) is 9.69 Å². The molecule has 0 aromatic heterocycles. The summed E-state index contributed by atoms with van der Waals surface area (Å²) in [4.78, 5) is 14.2. The van der Waals surface area contributed by atoms with Gasteiger partial charge < -0.3 is 19.7 Å². The van der Waals surface area contributed by atoms with Crippen LogP contribution in [0.3, 0.4) is 0 Å². The van der Waals surface area contributed by atoms with Crippen molar-refractivity contribution in [2.24, 2.45) is 5.92 Å². The highest BCUT2D eigenvalue weighted by molar-refractivity contribution is 6.21. The Hall–Kier alpha value is -1.44. The SMILES string of the molecule is CCCCC(O)c1ccc([C@@H]2[C@@H](C/C=C\CCCC(=O)OCCN3CCOCC3)[C@H](Cl)C[C@H]2O)cc1. The maximum atomic E-state index is 12.0. The van der Waals surface area contributed by atoms with Gasteiger partial charge in [-0.15, -0.1) is 11.6 Å². The van der Waals surface area contributed by atoms with Crippen LogP contribution in [0.5, 0.6) is 0 Å². The van der Waals surface area contributed by atoms with Crippen LogP contribution in [0.1, 0.15) is 81.4 Å². The Morgan fingerprint density at radius 3 is 2.69 bits per heavy atom. The number of morpholine rings is 1. The highest BCUT2D eigenvalue weighted by Gasteiger charge is 2.41. The molecule has 1 saturated carbocycles. The van der Waals surface area contributed by atoms with Gasteiger partial charge in [0, 0.05) is 37.4 Å². The highest BCUT2D eigenvalue weighted by Crippen LogP contribution is 2.45. The summed E-state index contributed by atoms with van der Waals surface area (Å²) >= 11 is 6.64.